The first-order chi connectivity index (χ1) is 13.8. The number of carbonyl (C=O) groups is 1. The Balaban J connectivity index is 1.40. The van der Waals surface area contributed by atoms with E-state index >= 15 is 0 Å². The number of anilines is 1. The van der Waals surface area contributed by atoms with E-state index in [2.05, 4.69) is 27.5 Å². The van der Waals surface area contributed by atoms with Crippen molar-refractivity contribution in [2.45, 2.75) is 6.42 Å². The van der Waals surface area contributed by atoms with Crippen LogP contribution in [0.2, 0.25) is 0 Å². The molecule has 0 bridgehead atoms. The van der Waals surface area contributed by atoms with E-state index in [1.54, 1.807) is 22.7 Å². The molecular formula is C23H16N2OS2. The monoisotopic (exact) mass is 400 g/mol. The molecule has 0 atom stereocenters. The van der Waals surface area contributed by atoms with Crippen LogP contribution in [0.15, 0.2) is 76.8 Å². The van der Waals surface area contributed by atoms with Crippen molar-refractivity contribution in [1.82, 2.24) is 4.98 Å². The summed E-state index contributed by atoms with van der Waals surface area (Å²) in [7, 11) is 0. The van der Waals surface area contributed by atoms with Gasteiger partial charge in [-0.15, -0.1) is 11.3 Å². The molecule has 0 fully saturated rings. The third kappa shape index (κ3) is 4.74. The van der Waals surface area contributed by atoms with Crippen molar-refractivity contribution in [2.24, 2.45) is 0 Å². The standard InChI is InChI=1S/C23H16N2OS2/c26-22(14-21-16-28-23(25-21)19-11-12-27-15-19)24-20-8-4-7-18(13-20)10-9-17-5-2-1-3-6-17/h1-8,11-13,15-16H,14H2,(H,24,26). The number of thiophene rings is 1. The Kier molecular flexibility index (Phi) is 5.62. The van der Waals surface area contributed by atoms with Gasteiger partial charge in [-0.1, -0.05) is 36.1 Å². The van der Waals surface area contributed by atoms with E-state index in [0.29, 0.717) is 0 Å². The highest BCUT2D eigenvalue weighted by atomic mass is 32.1. The molecule has 0 aliphatic rings. The topological polar surface area (TPSA) is 42.0 Å². The second kappa shape index (κ2) is 8.66. The third-order valence-corrected chi connectivity index (χ3v) is 5.56. The van der Waals surface area contributed by atoms with Crippen molar-refractivity contribution >= 4 is 34.3 Å². The summed E-state index contributed by atoms with van der Waals surface area (Å²) in [5.41, 5.74) is 4.44. The molecule has 0 aliphatic carbocycles. The zero-order valence-electron chi connectivity index (χ0n) is 14.9. The van der Waals surface area contributed by atoms with Crippen LogP contribution in [0.4, 0.5) is 5.69 Å². The number of carbonyl (C=O) groups excluding carboxylic acids is 1. The van der Waals surface area contributed by atoms with Crippen molar-refractivity contribution in [2.75, 3.05) is 5.32 Å². The fraction of sp³-hybridized carbons (Fsp3) is 0.0435. The summed E-state index contributed by atoms with van der Waals surface area (Å²) in [5, 5.41) is 9.90. The van der Waals surface area contributed by atoms with Gasteiger partial charge in [-0.25, -0.2) is 4.98 Å². The second-order valence-corrected chi connectivity index (χ2v) is 7.72. The summed E-state index contributed by atoms with van der Waals surface area (Å²) in [6.07, 6.45) is 0.251. The molecule has 2 heterocycles. The van der Waals surface area contributed by atoms with Crippen molar-refractivity contribution in [3.63, 3.8) is 0 Å². The smallest absolute Gasteiger partial charge is 0.230 e. The van der Waals surface area contributed by atoms with E-state index in [4.69, 9.17) is 0 Å². The van der Waals surface area contributed by atoms with Gasteiger partial charge < -0.3 is 5.32 Å². The zero-order chi connectivity index (χ0) is 19.2. The largest absolute Gasteiger partial charge is 0.326 e. The Morgan fingerprint density at radius 3 is 2.61 bits per heavy atom. The van der Waals surface area contributed by atoms with Gasteiger partial charge in [0.25, 0.3) is 0 Å². The Labute approximate surface area is 171 Å². The van der Waals surface area contributed by atoms with E-state index in [1.807, 2.05) is 71.4 Å². The molecular weight excluding hydrogens is 384 g/mol. The highest BCUT2D eigenvalue weighted by molar-refractivity contribution is 7.14. The molecule has 4 rings (SSSR count). The van der Waals surface area contributed by atoms with Crippen LogP contribution < -0.4 is 5.32 Å². The van der Waals surface area contributed by atoms with Crippen molar-refractivity contribution < 1.29 is 4.79 Å². The fourth-order valence-corrected chi connectivity index (χ4v) is 4.15. The first-order valence-corrected chi connectivity index (χ1v) is 10.5. The Hall–Kier alpha value is -3.20. The predicted molar refractivity (Wildman–Crippen MR) is 117 cm³/mol. The lowest BCUT2D eigenvalue weighted by Crippen LogP contribution is -2.14. The van der Waals surface area contributed by atoms with Crippen LogP contribution in [-0.4, -0.2) is 10.9 Å². The van der Waals surface area contributed by atoms with Gasteiger partial charge in [0.2, 0.25) is 5.91 Å². The van der Waals surface area contributed by atoms with Crippen LogP contribution in [0.1, 0.15) is 16.8 Å². The van der Waals surface area contributed by atoms with E-state index in [9.17, 15) is 4.79 Å². The number of rotatable bonds is 4. The maximum absolute atomic E-state index is 12.4. The molecule has 2 aromatic carbocycles. The van der Waals surface area contributed by atoms with E-state index in [0.717, 1.165) is 33.1 Å². The predicted octanol–water partition coefficient (Wildman–Crippen LogP) is 5.45. The zero-order valence-corrected chi connectivity index (χ0v) is 16.5. The quantitative estimate of drug-likeness (QED) is 0.463. The number of hydrogen-bond acceptors (Lipinski definition) is 4. The van der Waals surface area contributed by atoms with Gasteiger partial charge in [-0.2, -0.15) is 11.3 Å². The van der Waals surface area contributed by atoms with Crippen LogP contribution >= 0.6 is 22.7 Å². The lowest BCUT2D eigenvalue weighted by Gasteiger charge is -2.04. The SMILES string of the molecule is O=C(Cc1csc(-c2ccsc2)n1)Nc1cccc(C#Cc2ccccc2)c1. The lowest BCUT2D eigenvalue weighted by atomic mass is 10.1. The van der Waals surface area contributed by atoms with Crippen LogP contribution in [-0.2, 0) is 11.2 Å². The highest BCUT2D eigenvalue weighted by Gasteiger charge is 2.10. The van der Waals surface area contributed by atoms with Crippen molar-refractivity contribution in [1.29, 1.82) is 0 Å². The molecule has 1 amide bonds. The van der Waals surface area contributed by atoms with Crippen LogP contribution in [0.25, 0.3) is 10.6 Å². The second-order valence-electron chi connectivity index (χ2n) is 6.08. The Morgan fingerprint density at radius 1 is 0.964 bits per heavy atom. The molecule has 1 N–H and O–H groups in total. The van der Waals surface area contributed by atoms with Crippen molar-refractivity contribution in [3.8, 4) is 22.4 Å². The minimum atomic E-state index is -0.0877. The summed E-state index contributed by atoms with van der Waals surface area (Å²) in [4.78, 5) is 16.9. The molecule has 2 aromatic heterocycles. The number of aromatic nitrogens is 1. The van der Waals surface area contributed by atoms with Gasteiger partial charge >= 0.3 is 0 Å². The van der Waals surface area contributed by atoms with Gasteiger partial charge in [0.1, 0.15) is 5.01 Å². The summed E-state index contributed by atoms with van der Waals surface area (Å²) < 4.78 is 0. The lowest BCUT2D eigenvalue weighted by molar-refractivity contribution is -0.115. The van der Waals surface area contributed by atoms with E-state index < -0.39 is 0 Å². The number of nitrogens with zero attached hydrogens (tertiary/aromatic N) is 1. The molecule has 0 unspecified atom stereocenters. The summed E-state index contributed by atoms with van der Waals surface area (Å²) in [6.45, 7) is 0. The number of amides is 1. The normalized spacial score (nSPS) is 10.1. The summed E-state index contributed by atoms with van der Waals surface area (Å²) in [5.74, 6) is 6.17. The average molecular weight is 401 g/mol. The Morgan fingerprint density at radius 2 is 1.79 bits per heavy atom. The molecule has 0 saturated heterocycles. The van der Waals surface area contributed by atoms with Crippen molar-refractivity contribution in [3.05, 3.63) is 93.6 Å². The number of hydrogen-bond donors (Lipinski definition) is 1. The molecule has 0 radical (unpaired) electrons. The first kappa shape index (κ1) is 18.2. The van der Waals surface area contributed by atoms with Gasteiger partial charge in [0.15, 0.2) is 0 Å². The number of benzene rings is 2. The fourth-order valence-electron chi connectivity index (χ4n) is 2.62. The van der Waals surface area contributed by atoms with Gasteiger partial charge in [-0.3, -0.25) is 4.79 Å². The molecule has 0 spiro atoms. The number of thiazole rings is 1. The summed E-state index contributed by atoms with van der Waals surface area (Å²) in [6, 6.07) is 19.4. The molecule has 0 saturated carbocycles. The van der Waals surface area contributed by atoms with Gasteiger partial charge in [0.05, 0.1) is 12.1 Å². The molecule has 28 heavy (non-hydrogen) atoms. The van der Waals surface area contributed by atoms with E-state index in [-0.39, 0.29) is 12.3 Å². The minimum absolute atomic E-state index is 0.0877. The third-order valence-electron chi connectivity index (χ3n) is 3.93. The Bertz CT molecular complexity index is 1140. The van der Waals surface area contributed by atoms with Crippen LogP contribution in [0.5, 0.6) is 0 Å². The molecule has 3 nitrogen and oxygen atoms in total. The van der Waals surface area contributed by atoms with E-state index in [1.165, 1.54) is 0 Å². The molecule has 4 aromatic rings. The average Bonchev–Trinajstić information content (AvgIpc) is 3.39. The van der Waals surface area contributed by atoms with Gasteiger partial charge in [-0.05, 0) is 41.8 Å². The first-order valence-electron chi connectivity index (χ1n) is 8.70. The van der Waals surface area contributed by atoms with Gasteiger partial charge in [0, 0.05) is 33.1 Å². The maximum atomic E-state index is 12.4. The minimum Gasteiger partial charge on any atom is -0.326 e. The molecule has 5 heteroatoms. The summed E-state index contributed by atoms with van der Waals surface area (Å²) >= 11 is 3.20. The molecule has 136 valence electrons. The maximum Gasteiger partial charge on any atom is 0.230 e. The van der Waals surface area contributed by atoms with Crippen LogP contribution in [0.3, 0.4) is 0 Å². The van der Waals surface area contributed by atoms with Crippen LogP contribution in [0, 0.1) is 11.8 Å². The number of nitrogens with one attached hydrogen (secondary N) is 1. The highest BCUT2D eigenvalue weighted by Crippen LogP contribution is 2.26. The molecule has 0 aliphatic heterocycles.